The van der Waals surface area contributed by atoms with Gasteiger partial charge >= 0.3 is 5.97 Å². The summed E-state index contributed by atoms with van der Waals surface area (Å²) in [4.78, 5) is 11.6. The molecule has 0 heterocycles. The monoisotopic (exact) mass is 356 g/mol. The third-order valence-corrected chi connectivity index (χ3v) is 3.55. The van der Waals surface area contributed by atoms with Crippen molar-refractivity contribution in [1.82, 2.24) is 0 Å². The van der Waals surface area contributed by atoms with Gasteiger partial charge in [-0.15, -0.1) is 0 Å². The van der Waals surface area contributed by atoms with E-state index in [1.54, 1.807) is 0 Å². The molecule has 4 nitrogen and oxygen atoms in total. The predicted octanol–water partition coefficient (Wildman–Crippen LogP) is 4.56. The Bertz CT molecular complexity index is 674. The lowest BCUT2D eigenvalue weighted by molar-refractivity contribution is -0.156. The average Bonchev–Trinajstić information content (AvgIpc) is 2.59. The van der Waals surface area contributed by atoms with Gasteiger partial charge in [-0.2, -0.15) is 0 Å². The van der Waals surface area contributed by atoms with Crippen molar-refractivity contribution < 1.29 is 19.0 Å². The molecule has 2 aromatic carbocycles. The SMILES string of the molecule is CC(C)(C)OC(=O)CCOCCc1cccc(OCc2ccccc2)c1. The highest BCUT2D eigenvalue weighted by Gasteiger charge is 2.15. The molecule has 0 aliphatic rings. The van der Waals surface area contributed by atoms with Crippen LogP contribution in [0.3, 0.4) is 0 Å². The van der Waals surface area contributed by atoms with E-state index < -0.39 is 5.60 Å². The molecule has 0 spiro atoms. The molecule has 0 radical (unpaired) electrons. The molecule has 0 aliphatic carbocycles. The van der Waals surface area contributed by atoms with E-state index in [-0.39, 0.29) is 12.4 Å². The lowest BCUT2D eigenvalue weighted by Crippen LogP contribution is -2.24. The van der Waals surface area contributed by atoms with E-state index in [1.165, 1.54) is 0 Å². The quantitative estimate of drug-likeness (QED) is 0.488. The highest BCUT2D eigenvalue weighted by Crippen LogP contribution is 2.16. The zero-order chi connectivity index (χ0) is 18.8. The molecule has 0 fully saturated rings. The fourth-order valence-electron chi connectivity index (χ4n) is 2.37. The van der Waals surface area contributed by atoms with Gasteiger partial charge in [-0.3, -0.25) is 4.79 Å². The summed E-state index contributed by atoms with van der Waals surface area (Å²) < 4.78 is 16.6. The van der Waals surface area contributed by atoms with Crippen molar-refractivity contribution in [1.29, 1.82) is 0 Å². The van der Waals surface area contributed by atoms with Crippen molar-refractivity contribution in [3.8, 4) is 5.75 Å². The van der Waals surface area contributed by atoms with Gasteiger partial charge in [0.2, 0.25) is 0 Å². The van der Waals surface area contributed by atoms with Crippen LogP contribution in [-0.4, -0.2) is 24.8 Å². The van der Waals surface area contributed by atoms with Crippen molar-refractivity contribution >= 4 is 5.97 Å². The maximum Gasteiger partial charge on any atom is 0.308 e. The molecule has 2 rings (SSSR count). The zero-order valence-corrected chi connectivity index (χ0v) is 15.9. The van der Waals surface area contributed by atoms with Gasteiger partial charge in [-0.05, 0) is 50.5 Å². The number of hydrogen-bond donors (Lipinski definition) is 0. The van der Waals surface area contributed by atoms with Crippen molar-refractivity contribution in [2.75, 3.05) is 13.2 Å². The van der Waals surface area contributed by atoms with Crippen LogP contribution in [0.25, 0.3) is 0 Å². The molecule has 26 heavy (non-hydrogen) atoms. The number of benzene rings is 2. The number of esters is 1. The van der Waals surface area contributed by atoms with Gasteiger partial charge in [0.15, 0.2) is 0 Å². The van der Waals surface area contributed by atoms with E-state index in [2.05, 4.69) is 0 Å². The molecule has 0 saturated heterocycles. The normalized spacial score (nSPS) is 11.2. The number of hydrogen-bond acceptors (Lipinski definition) is 4. The Balaban J connectivity index is 1.67. The van der Waals surface area contributed by atoms with Crippen molar-refractivity contribution in [2.24, 2.45) is 0 Å². The lowest BCUT2D eigenvalue weighted by Gasteiger charge is -2.19. The number of carbonyl (C=O) groups is 1. The molecule has 0 atom stereocenters. The standard InChI is InChI=1S/C22H28O4/c1-22(2,3)26-21(23)13-15-24-14-12-18-10-7-11-20(16-18)25-17-19-8-5-4-6-9-19/h4-11,16H,12-15,17H2,1-3H3. The van der Waals surface area contributed by atoms with Crippen molar-refractivity contribution in [2.45, 2.75) is 45.8 Å². The van der Waals surface area contributed by atoms with Gasteiger partial charge in [0.1, 0.15) is 18.0 Å². The first-order valence-electron chi connectivity index (χ1n) is 8.98. The van der Waals surface area contributed by atoms with Crippen LogP contribution in [0.4, 0.5) is 0 Å². The molecule has 0 unspecified atom stereocenters. The van der Waals surface area contributed by atoms with E-state index in [1.807, 2.05) is 75.4 Å². The molecule has 0 aromatic heterocycles. The van der Waals surface area contributed by atoms with Crippen LogP contribution in [0.5, 0.6) is 5.75 Å². The summed E-state index contributed by atoms with van der Waals surface area (Å²) in [5.41, 5.74) is 1.84. The van der Waals surface area contributed by atoms with E-state index >= 15 is 0 Å². The molecule has 2 aromatic rings. The Morgan fingerprint density at radius 1 is 0.923 bits per heavy atom. The summed E-state index contributed by atoms with van der Waals surface area (Å²) in [6.07, 6.45) is 1.05. The molecule has 0 bridgehead atoms. The number of ether oxygens (including phenoxy) is 3. The van der Waals surface area contributed by atoms with Crippen molar-refractivity contribution in [3.63, 3.8) is 0 Å². The highest BCUT2D eigenvalue weighted by atomic mass is 16.6. The van der Waals surface area contributed by atoms with Gasteiger partial charge in [0, 0.05) is 0 Å². The summed E-state index contributed by atoms with van der Waals surface area (Å²) in [7, 11) is 0. The number of rotatable bonds is 9. The smallest absolute Gasteiger partial charge is 0.308 e. The van der Waals surface area contributed by atoms with E-state index in [4.69, 9.17) is 14.2 Å². The summed E-state index contributed by atoms with van der Waals surface area (Å²) >= 11 is 0. The Hall–Kier alpha value is -2.33. The largest absolute Gasteiger partial charge is 0.489 e. The third-order valence-electron chi connectivity index (χ3n) is 3.55. The van der Waals surface area contributed by atoms with Crippen LogP contribution < -0.4 is 4.74 Å². The molecule has 140 valence electrons. The molecule has 0 amide bonds. The average molecular weight is 356 g/mol. The first-order valence-corrected chi connectivity index (χ1v) is 8.98. The first-order chi connectivity index (χ1) is 12.4. The van der Waals surface area contributed by atoms with E-state index in [9.17, 15) is 4.79 Å². The van der Waals surface area contributed by atoms with E-state index in [0.29, 0.717) is 19.8 Å². The third kappa shape index (κ3) is 8.17. The van der Waals surface area contributed by atoms with Gasteiger partial charge < -0.3 is 14.2 Å². The van der Waals surface area contributed by atoms with Crippen LogP contribution >= 0.6 is 0 Å². The molecule has 0 N–H and O–H groups in total. The summed E-state index contributed by atoms with van der Waals surface area (Å²) in [5.74, 6) is 0.619. The van der Waals surface area contributed by atoms with E-state index in [0.717, 1.165) is 23.3 Å². The van der Waals surface area contributed by atoms with Crippen LogP contribution in [0.15, 0.2) is 54.6 Å². The van der Waals surface area contributed by atoms with Crippen LogP contribution in [0.2, 0.25) is 0 Å². The van der Waals surface area contributed by atoms with Crippen LogP contribution in [0, 0.1) is 0 Å². The van der Waals surface area contributed by atoms with Crippen molar-refractivity contribution in [3.05, 3.63) is 65.7 Å². The number of carbonyl (C=O) groups excluding carboxylic acids is 1. The second-order valence-corrected chi connectivity index (χ2v) is 7.12. The maximum absolute atomic E-state index is 11.6. The Kier molecular flexibility index (Phi) is 7.67. The van der Waals surface area contributed by atoms with Crippen LogP contribution in [0.1, 0.15) is 38.3 Å². The summed E-state index contributed by atoms with van der Waals surface area (Å²) in [6, 6.07) is 18.1. The Labute approximate surface area is 156 Å². The van der Waals surface area contributed by atoms with Gasteiger partial charge in [-0.1, -0.05) is 42.5 Å². The minimum atomic E-state index is -0.447. The molecule has 4 heteroatoms. The summed E-state index contributed by atoms with van der Waals surface area (Å²) in [6.45, 7) is 7.07. The molecular formula is C22H28O4. The minimum Gasteiger partial charge on any atom is -0.489 e. The molecule has 0 aliphatic heterocycles. The van der Waals surface area contributed by atoms with Gasteiger partial charge in [0.05, 0.1) is 19.6 Å². The van der Waals surface area contributed by atoms with Gasteiger partial charge in [0.25, 0.3) is 0 Å². The summed E-state index contributed by atoms with van der Waals surface area (Å²) in [5, 5.41) is 0. The second-order valence-electron chi connectivity index (χ2n) is 7.12. The maximum atomic E-state index is 11.6. The zero-order valence-electron chi connectivity index (χ0n) is 15.9. The Morgan fingerprint density at radius 3 is 2.38 bits per heavy atom. The van der Waals surface area contributed by atoms with Crippen LogP contribution in [-0.2, 0) is 27.3 Å². The topological polar surface area (TPSA) is 44.8 Å². The Morgan fingerprint density at radius 2 is 1.65 bits per heavy atom. The fourth-order valence-corrected chi connectivity index (χ4v) is 2.37. The molecule has 0 saturated carbocycles. The highest BCUT2D eigenvalue weighted by molar-refractivity contribution is 5.69. The minimum absolute atomic E-state index is 0.228. The second kappa shape index (κ2) is 9.97. The fraction of sp³-hybridized carbons (Fsp3) is 0.409. The predicted molar refractivity (Wildman–Crippen MR) is 102 cm³/mol. The van der Waals surface area contributed by atoms with Gasteiger partial charge in [-0.25, -0.2) is 0 Å². The first kappa shape index (κ1) is 20.0. The lowest BCUT2D eigenvalue weighted by atomic mass is 10.1. The molecular weight excluding hydrogens is 328 g/mol.